The van der Waals surface area contributed by atoms with Crippen LogP contribution in [-0.4, -0.2) is 41.8 Å². The molecule has 1 N–H and O–H groups in total. The highest BCUT2D eigenvalue weighted by Gasteiger charge is 2.41. The van der Waals surface area contributed by atoms with Gasteiger partial charge < -0.3 is 10.2 Å². The van der Waals surface area contributed by atoms with Gasteiger partial charge in [-0.05, 0) is 31.6 Å². The van der Waals surface area contributed by atoms with Crippen molar-refractivity contribution in [2.24, 2.45) is 11.8 Å². The number of halogens is 2. The van der Waals surface area contributed by atoms with Gasteiger partial charge in [-0.1, -0.05) is 0 Å². The van der Waals surface area contributed by atoms with Gasteiger partial charge in [-0.3, -0.25) is 9.59 Å². The Hall–Kier alpha value is -1.20. The lowest BCUT2D eigenvalue weighted by molar-refractivity contribution is -0.142. The Bertz CT molecular complexity index is 431. The number of alkyl halides is 2. The first-order valence-corrected chi connectivity index (χ1v) is 7.90. The molecule has 6 heteroatoms. The normalized spacial score (nSPS) is 33.2. The van der Waals surface area contributed by atoms with E-state index >= 15 is 0 Å². The number of hydrogen-bond acceptors (Lipinski definition) is 2. The predicted molar refractivity (Wildman–Crippen MR) is 72.8 cm³/mol. The van der Waals surface area contributed by atoms with E-state index in [4.69, 9.17) is 0 Å². The third-order valence-electron chi connectivity index (χ3n) is 5.20. The van der Waals surface area contributed by atoms with Crippen LogP contribution in [0.4, 0.5) is 8.78 Å². The maximum Gasteiger partial charge on any atom is 0.248 e. The number of piperidine rings is 2. The molecule has 3 rings (SSSR count). The van der Waals surface area contributed by atoms with E-state index in [1.165, 1.54) is 0 Å². The quantitative estimate of drug-likeness (QED) is 0.804. The van der Waals surface area contributed by atoms with Crippen molar-refractivity contribution >= 4 is 11.8 Å². The Morgan fingerprint density at radius 1 is 1.19 bits per heavy atom. The summed E-state index contributed by atoms with van der Waals surface area (Å²) < 4.78 is 26.4. The van der Waals surface area contributed by atoms with Crippen LogP contribution in [0.2, 0.25) is 0 Å². The van der Waals surface area contributed by atoms with Gasteiger partial charge in [0.1, 0.15) is 0 Å². The zero-order chi connectivity index (χ0) is 15.0. The fourth-order valence-corrected chi connectivity index (χ4v) is 3.86. The number of carbonyl (C=O) groups is 2. The number of fused-ring (bicyclic) bond motifs is 1. The Balaban J connectivity index is 1.56. The molecular formula is C15H22F2N2O2. The van der Waals surface area contributed by atoms with E-state index in [1.807, 2.05) is 4.90 Å². The smallest absolute Gasteiger partial charge is 0.248 e. The molecule has 2 aliphatic heterocycles. The highest BCUT2D eigenvalue weighted by Crippen LogP contribution is 2.37. The molecule has 0 radical (unpaired) electrons. The van der Waals surface area contributed by atoms with Crippen molar-refractivity contribution < 1.29 is 18.4 Å². The van der Waals surface area contributed by atoms with Gasteiger partial charge in [0.2, 0.25) is 17.7 Å². The number of rotatable bonds is 1. The van der Waals surface area contributed by atoms with Crippen LogP contribution in [0.25, 0.3) is 0 Å². The van der Waals surface area contributed by atoms with E-state index in [9.17, 15) is 18.4 Å². The zero-order valence-corrected chi connectivity index (χ0v) is 12.1. The summed E-state index contributed by atoms with van der Waals surface area (Å²) in [5.41, 5.74) is 0. The fourth-order valence-electron chi connectivity index (χ4n) is 3.86. The lowest BCUT2D eigenvalue weighted by Crippen LogP contribution is -2.56. The van der Waals surface area contributed by atoms with Crippen molar-refractivity contribution in [3.05, 3.63) is 0 Å². The lowest BCUT2D eigenvalue weighted by atomic mass is 9.82. The molecule has 2 saturated heterocycles. The van der Waals surface area contributed by atoms with Crippen molar-refractivity contribution in [3.8, 4) is 0 Å². The first-order valence-electron chi connectivity index (χ1n) is 7.90. The van der Waals surface area contributed by atoms with E-state index in [-0.39, 0.29) is 36.6 Å². The largest absolute Gasteiger partial charge is 0.353 e. The highest BCUT2D eigenvalue weighted by atomic mass is 19.3. The number of likely N-dealkylation sites (tertiary alicyclic amines) is 1. The molecule has 21 heavy (non-hydrogen) atoms. The van der Waals surface area contributed by atoms with Gasteiger partial charge >= 0.3 is 0 Å². The maximum atomic E-state index is 13.2. The molecule has 1 saturated carbocycles. The summed E-state index contributed by atoms with van der Waals surface area (Å²) in [7, 11) is 0. The summed E-state index contributed by atoms with van der Waals surface area (Å²) >= 11 is 0. The summed E-state index contributed by atoms with van der Waals surface area (Å²) in [6.45, 7) is 1.30. The number of nitrogens with zero attached hydrogens (tertiary/aromatic N) is 1. The Morgan fingerprint density at radius 3 is 2.62 bits per heavy atom. The molecular weight excluding hydrogens is 278 g/mol. The fraction of sp³-hybridized carbons (Fsp3) is 0.867. The lowest BCUT2D eigenvalue weighted by Gasteiger charge is -2.43. The molecule has 4 nitrogen and oxygen atoms in total. The number of amides is 2. The molecule has 0 aromatic heterocycles. The molecule has 0 aromatic carbocycles. The minimum Gasteiger partial charge on any atom is -0.353 e. The first kappa shape index (κ1) is 14.7. The minimum absolute atomic E-state index is 0.0425. The number of carbonyl (C=O) groups excluding carboxylic acids is 2. The summed E-state index contributed by atoms with van der Waals surface area (Å²) in [5.74, 6) is -2.35. The maximum absolute atomic E-state index is 13.2. The Morgan fingerprint density at radius 2 is 1.90 bits per heavy atom. The van der Waals surface area contributed by atoms with Crippen molar-refractivity contribution in [1.29, 1.82) is 0 Å². The van der Waals surface area contributed by atoms with Crippen LogP contribution < -0.4 is 5.32 Å². The van der Waals surface area contributed by atoms with Crippen molar-refractivity contribution in [3.63, 3.8) is 0 Å². The van der Waals surface area contributed by atoms with Gasteiger partial charge in [0.25, 0.3) is 0 Å². The van der Waals surface area contributed by atoms with Gasteiger partial charge in [-0.25, -0.2) is 8.78 Å². The summed E-state index contributed by atoms with van der Waals surface area (Å²) in [4.78, 5) is 25.7. The van der Waals surface area contributed by atoms with Gasteiger partial charge in [-0.2, -0.15) is 0 Å². The van der Waals surface area contributed by atoms with Crippen LogP contribution in [0.3, 0.4) is 0 Å². The molecule has 2 amide bonds. The zero-order valence-electron chi connectivity index (χ0n) is 12.1. The second kappa shape index (κ2) is 5.54. The van der Waals surface area contributed by atoms with E-state index in [0.29, 0.717) is 38.3 Å². The van der Waals surface area contributed by atoms with E-state index in [2.05, 4.69) is 5.32 Å². The van der Waals surface area contributed by atoms with E-state index in [1.54, 1.807) is 0 Å². The van der Waals surface area contributed by atoms with Crippen LogP contribution in [0.1, 0.15) is 44.9 Å². The molecule has 118 valence electrons. The van der Waals surface area contributed by atoms with E-state index in [0.717, 1.165) is 12.8 Å². The average molecular weight is 300 g/mol. The van der Waals surface area contributed by atoms with Crippen LogP contribution in [0.5, 0.6) is 0 Å². The topological polar surface area (TPSA) is 49.4 Å². The molecule has 2 unspecified atom stereocenters. The minimum atomic E-state index is -2.59. The van der Waals surface area contributed by atoms with Crippen molar-refractivity contribution in [2.75, 3.05) is 13.1 Å². The molecule has 3 aliphatic rings. The highest BCUT2D eigenvalue weighted by molar-refractivity contribution is 5.80. The monoisotopic (exact) mass is 300 g/mol. The van der Waals surface area contributed by atoms with Crippen LogP contribution >= 0.6 is 0 Å². The molecule has 0 spiro atoms. The predicted octanol–water partition coefficient (Wildman–Crippen LogP) is 1.94. The molecule has 1 aliphatic carbocycles. The molecule has 2 heterocycles. The second-order valence-corrected chi connectivity index (χ2v) is 6.68. The van der Waals surface area contributed by atoms with Gasteiger partial charge in [0, 0.05) is 44.3 Å². The SMILES string of the molecule is O=C1CCC2CN(C(=O)C3CCC(F)(F)CC3)CCC2N1. The van der Waals surface area contributed by atoms with Gasteiger partial charge in [-0.15, -0.1) is 0 Å². The van der Waals surface area contributed by atoms with Crippen LogP contribution in [0.15, 0.2) is 0 Å². The third kappa shape index (κ3) is 3.19. The number of hydrogen-bond donors (Lipinski definition) is 1. The third-order valence-corrected chi connectivity index (χ3v) is 5.20. The van der Waals surface area contributed by atoms with Gasteiger partial charge in [0.15, 0.2) is 0 Å². The summed E-state index contributed by atoms with van der Waals surface area (Å²) in [6, 6.07) is 0.186. The molecule has 3 fully saturated rings. The standard InChI is InChI=1S/C15H22F2N2O2/c16-15(17)6-3-10(4-7-15)14(21)19-8-5-12-11(9-19)1-2-13(20)18-12/h10-12H,1-9H2,(H,18,20). The van der Waals surface area contributed by atoms with Crippen LogP contribution in [-0.2, 0) is 9.59 Å². The van der Waals surface area contributed by atoms with E-state index < -0.39 is 5.92 Å². The first-order chi connectivity index (χ1) is 9.94. The Kier molecular flexibility index (Phi) is 3.88. The molecule has 0 bridgehead atoms. The van der Waals surface area contributed by atoms with Crippen LogP contribution in [0, 0.1) is 11.8 Å². The second-order valence-electron chi connectivity index (χ2n) is 6.68. The number of nitrogens with one attached hydrogen (secondary N) is 1. The van der Waals surface area contributed by atoms with Crippen molar-refractivity contribution in [2.45, 2.75) is 56.9 Å². The molecule has 2 atom stereocenters. The molecule has 0 aromatic rings. The van der Waals surface area contributed by atoms with Crippen molar-refractivity contribution in [1.82, 2.24) is 10.2 Å². The average Bonchev–Trinajstić information content (AvgIpc) is 2.46. The summed E-state index contributed by atoms with van der Waals surface area (Å²) in [6.07, 6.45) is 2.39. The Labute approximate surface area is 123 Å². The van der Waals surface area contributed by atoms with Gasteiger partial charge in [0.05, 0.1) is 0 Å². The summed E-state index contributed by atoms with van der Waals surface area (Å²) in [5, 5.41) is 2.99.